The largest absolute Gasteiger partial charge is 4.00 e. The average Bonchev–Trinajstić information content (AvgIpc) is 3.38. The molecule has 3 aliphatic carbocycles. The fraction of sp³-hybridized carbons (Fsp3) is 0.846. The Labute approximate surface area is 191 Å². The van der Waals surface area contributed by atoms with Gasteiger partial charge < -0.3 is 13.8 Å². The SMILES string of the molecule is C1CCCC1.C1CCCC1.[CH2-][C@@H]1CC(CCCC)=C(CCCC)C[C@@H]1[CH2-].[Zr+4]. The number of allylic oxidation sites excluding steroid dienone is 2. The molecule has 0 aromatic rings. The molecule has 0 aromatic carbocycles. The number of hydrogen-bond donors (Lipinski definition) is 0. The Kier molecular flexibility index (Phi) is 19.1. The van der Waals surface area contributed by atoms with E-state index in [0.29, 0.717) is 11.8 Å². The zero-order chi connectivity index (χ0) is 19.0. The van der Waals surface area contributed by atoms with E-state index < -0.39 is 0 Å². The molecule has 2 fully saturated rings. The predicted molar refractivity (Wildman–Crippen MR) is 119 cm³/mol. The third-order valence-corrected chi connectivity index (χ3v) is 6.35. The summed E-state index contributed by atoms with van der Waals surface area (Å²) in [5, 5.41) is 0. The van der Waals surface area contributed by atoms with E-state index in [1.165, 1.54) is 116 Å². The Balaban J connectivity index is 0.000000496. The van der Waals surface area contributed by atoms with Gasteiger partial charge in [0.25, 0.3) is 0 Å². The van der Waals surface area contributed by atoms with Crippen molar-refractivity contribution in [1.29, 1.82) is 0 Å². The molecule has 0 heterocycles. The molecular formula is C26H48Zr+2. The van der Waals surface area contributed by atoms with Gasteiger partial charge in [-0.15, -0.1) is 0 Å². The Morgan fingerprint density at radius 3 is 1.07 bits per heavy atom. The van der Waals surface area contributed by atoms with Crippen molar-refractivity contribution in [2.45, 2.75) is 129 Å². The van der Waals surface area contributed by atoms with Crippen LogP contribution in [0.3, 0.4) is 0 Å². The van der Waals surface area contributed by atoms with Gasteiger partial charge in [-0.2, -0.15) is 11.8 Å². The Hall–Kier alpha value is 0.623. The number of hydrogen-bond acceptors (Lipinski definition) is 0. The summed E-state index contributed by atoms with van der Waals surface area (Å²) in [5.74, 6) is 1.11. The first-order chi connectivity index (χ1) is 12.7. The maximum Gasteiger partial charge on any atom is 4.00 e. The minimum atomic E-state index is 0. The van der Waals surface area contributed by atoms with E-state index >= 15 is 0 Å². The minimum absolute atomic E-state index is 0. The summed E-state index contributed by atoms with van der Waals surface area (Å²) in [6, 6.07) is 0. The Bertz CT molecular complexity index is 300. The van der Waals surface area contributed by atoms with Gasteiger partial charge in [0.1, 0.15) is 0 Å². The van der Waals surface area contributed by atoms with E-state index in [4.69, 9.17) is 0 Å². The fourth-order valence-corrected chi connectivity index (χ4v) is 4.36. The molecule has 2 saturated carbocycles. The van der Waals surface area contributed by atoms with Gasteiger partial charge >= 0.3 is 26.2 Å². The molecule has 0 aliphatic heterocycles. The van der Waals surface area contributed by atoms with Crippen LogP contribution in [0.2, 0.25) is 0 Å². The monoisotopic (exact) mass is 450 g/mol. The van der Waals surface area contributed by atoms with Crippen LogP contribution < -0.4 is 0 Å². The van der Waals surface area contributed by atoms with E-state index in [2.05, 4.69) is 27.7 Å². The average molecular weight is 452 g/mol. The molecule has 1 heteroatoms. The van der Waals surface area contributed by atoms with E-state index in [1.807, 2.05) is 0 Å². The second-order valence-electron chi connectivity index (χ2n) is 8.88. The minimum Gasteiger partial charge on any atom is -0.342 e. The standard InChI is InChI=1S/C16H28.2C5H10.Zr/c1-5-7-9-15-11-13(3)14(4)12-16(15)10-8-6-2;2*1-2-4-5-3-1;/h13-14H,3-12H2,1-2H3;2*1-5H2;/q-2;;;+4/t13-,14+;;;. The van der Waals surface area contributed by atoms with Crippen molar-refractivity contribution in [2.75, 3.05) is 0 Å². The maximum absolute atomic E-state index is 4.25. The zero-order valence-corrected chi connectivity index (χ0v) is 21.3. The van der Waals surface area contributed by atoms with Crippen LogP contribution in [0.5, 0.6) is 0 Å². The summed E-state index contributed by atoms with van der Waals surface area (Å²) in [4.78, 5) is 0. The van der Waals surface area contributed by atoms with E-state index in [0.717, 1.165) is 0 Å². The molecule has 0 aromatic heterocycles. The van der Waals surface area contributed by atoms with Crippen molar-refractivity contribution in [2.24, 2.45) is 11.8 Å². The molecule has 0 unspecified atom stereocenters. The molecule has 0 N–H and O–H groups in total. The van der Waals surface area contributed by atoms with Crippen molar-refractivity contribution < 1.29 is 26.2 Å². The summed E-state index contributed by atoms with van der Waals surface area (Å²) >= 11 is 0. The van der Waals surface area contributed by atoms with Crippen molar-refractivity contribution in [3.8, 4) is 0 Å². The zero-order valence-electron chi connectivity index (χ0n) is 18.8. The van der Waals surface area contributed by atoms with Gasteiger partial charge in [0, 0.05) is 0 Å². The Morgan fingerprint density at radius 2 is 0.852 bits per heavy atom. The number of rotatable bonds is 6. The molecule has 0 spiro atoms. The van der Waals surface area contributed by atoms with Crippen LogP contribution >= 0.6 is 0 Å². The molecule has 0 nitrogen and oxygen atoms in total. The second kappa shape index (κ2) is 18.6. The van der Waals surface area contributed by atoms with Crippen molar-refractivity contribution in [1.82, 2.24) is 0 Å². The van der Waals surface area contributed by atoms with Gasteiger partial charge in [-0.05, 0) is 25.7 Å². The Morgan fingerprint density at radius 1 is 0.593 bits per heavy atom. The molecule has 0 amide bonds. The predicted octanol–water partition coefficient (Wildman–Crippen LogP) is 9.26. The van der Waals surface area contributed by atoms with Crippen LogP contribution in [0.25, 0.3) is 0 Å². The first-order valence-corrected chi connectivity index (χ1v) is 12.0. The van der Waals surface area contributed by atoms with Crippen molar-refractivity contribution in [3.05, 3.63) is 25.0 Å². The summed E-state index contributed by atoms with van der Waals surface area (Å²) < 4.78 is 0. The van der Waals surface area contributed by atoms with Gasteiger partial charge in [0.15, 0.2) is 0 Å². The summed E-state index contributed by atoms with van der Waals surface area (Å²) in [6.45, 7) is 13.1. The third kappa shape index (κ3) is 13.5. The van der Waals surface area contributed by atoms with E-state index in [9.17, 15) is 0 Å². The fourth-order valence-electron chi connectivity index (χ4n) is 4.36. The van der Waals surface area contributed by atoms with Crippen LogP contribution in [0.4, 0.5) is 0 Å². The molecule has 3 aliphatic rings. The normalized spacial score (nSPS) is 24.4. The first-order valence-electron chi connectivity index (χ1n) is 12.0. The molecule has 3 rings (SSSR count). The molecule has 27 heavy (non-hydrogen) atoms. The van der Waals surface area contributed by atoms with Gasteiger partial charge in [0.2, 0.25) is 0 Å². The van der Waals surface area contributed by atoms with Gasteiger partial charge in [0.05, 0.1) is 0 Å². The molecule has 154 valence electrons. The molecule has 0 radical (unpaired) electrons. The van der Waals surface area contributed by atoms with E-state index in [1.54, 1.807) is 11.1 Å². The maximum atomic E-state index is 4.25. The second-order valence-corrected chi connectivity index (χ2v) is 8.88. The van der Waals surface area contributed by atoms with Gasteiger partial charge in [-0.25, -0.2) is 0 Å². The summed E-state index contributed by atoms with van der Waals surface area (Å²) in [7, 11) is 0. The molecule has 0 saturated heterocycles. The van der Waals surface area contributed by atoms with Crippen LogP contribution in [0, 0.1) is 25.7 Å². The molecule has 2 atom stereocenters. The smallest absolute Gasteiger partial charge is 0.342 e. The third-order valence-electron chi connectivity index (χ3n) is 6.35. The van der Waals surface area contributed by atoms with Crippen LogP contribution in [0.1, 0.15) is 129 Å². The van der Waals surface area contributed by atoms with Crippen molar-refractivity contribution >= 4 is 0 Å². The van der Waals surface area contributed by atoms with Crippen LogP contribution in [-0.4, -0.2) is 0 Å². The first kappa shape index (κ1) is 27.6. The van der Waals surface area contributed by atoms with E-state index in [-0.39, 0.29) is 26.2 Å². The summed E-state index contributed by atoms with van der Waals surface area (Å²) in [5.41, 5.74) is 3.46. The van der Waals surface area contributed by atoms with Crippen molar-refractivity contribution in [3.63, 3.8) is 0 Å². The topological polar surface area (TPSA) is 0 Å². The van der Waals surface area contributed by atoms with Crippen LogP contribution in [-0.2, 0) is 26.2 Å². The molecule has 0 bridgehead atoms. The quantitative estimate of drug-likeness (QED) is 0.279. The summed E-state index contributed by atoms with van der Waals surface area (Å²) in [6.07, 6.45) is 25.4. The number of unbranched alkanes of at least 4 members (excludes halogenated alkanes) is 2. The molecular weight excluding hydrogens is 404 g/mol. The van der Waals surface area contributed by atoms with Gasteiger partial charge in [-0.3, -0.25) is 0 Å². The van der Waals surface area contributed by atoms with Gasteiger partial charge in [-0.1, -0.05) is 115 Å². The van der Waals surface area contributed by atoms with Crippen LogP contribution in [0.15, 0.2) is 11.1 Å².